The molecular weight excluding hydrogens is 260 g/mol. The number of nitrogens with zero attached hydrogens (tertiary/aromatic N) is 1. The highest BCUT2D eigenvalue weighted by Crippen LogP contribution is 2.27. The van der Waals surface area contributed by atoms with E-state index in [9.17, 15) is 5.11 Å². The lowest BCUT2D eigenvalue weighted by Crippen LogP contribution is -2.26. The summed E-state index contributed by atoms with van der Waals surface area (Å²) in [4.78, 5) is 5.76. The first-order valence-corrected chi connectivity index (χ1v) is 7.33. The second kappa shape index (κ2) is 6.32. The van der Waals surface area contributed by atoms with E-state index in [4.69, 9.17) is 4.42 Å². The normalized spacial score (nSPS) is 14.5. The summed E-state index contributed by atoms with van der Waals surface area (Å²) in [5.74, 6) is 0.757. The Morgan fingerprint density at radius 3 is 2.84 bits per heavy atom. The molecule has 5 heteroatoms. The molecular formula is C14H20N2O2S. The first kappa shape index (κ1) is 14.2. The predicted molar refractivity (Wildman–Crippen MR) is 76.3 cm³/mol. The number of aliphatic hydroxyl groups excluding tert-OH is 1. The van der Waals surface area contributed by atoms with Crippen LogP contribution < -0.4 is 5.32 Å². The summed E-state index contributed by atoms with van der Waals surface area (Å²) in [6.45, 7) is 6.24. The molecule has 104 valence electrons. The number of aliphatic hydroxyl groups is 1. The monoisotopic (exact) mass is 280 g/mol. The highest BCUT2D eigenvalue weighted by Gasteiger charge is 2.20. The molecule has 2 aromatic heterocycles. The molecule has 0 aromatic carbocycles. The average Bonchev–Trinajstić information content (AvgIpc) is 3.04. The molecule has 4 nitrogen and oxygen atoms in total. The van der Waals surface area contributed by atoms with Crippen molar-refractivity contribution in [2.24, 2.45) is 0 Å². The number of hydrogen-bond donors (Lipinski definition) is 2. The van der Waals surface area contributed by atoms with Crippen LogP contribution >= 0.6 is 11.3 Å². The van der Waals surface area contributed by atoms with Gasteiger partial charge in [0.05, 0.1) is 29.6 Å². The molecule has 0 aliphatic heterocycles. The minimum absolute atomic E-state index is 0.0103. The molecule has 2 atom stereocenters. The average molecular weight is 280 g/mol. The summed E-state index contributed by atoms with van der Waals surface area (Å²) in [5, 5.41) is 14.0. The standard InChI is InChI=1S/C14H20N2O2S/c1-4-13-16-10(3)14(19-13)9(2)15-11(8-17)12-6-5-7-18-12/h5-7,9,11,15,17H,4,8H2,1-3H3. The lowest BCUT2D eigenvalue weighted by Gasteiger charge is -2.19. The van der Waals surface area contributed by atoms with Crippen molar-refractivity contribution in [3.63, 3.8) is 0 Å². The minimum atomic E-state index is -0.184. The molecule has 2 rings (SSSR count). The molecule has 0 spiro atoms. The Morgan fingerprint density at radius 2 is 2.32 bits per heavy atom. The second-order valence-electron chi connectivity index (χ2n) is 4.55. The van der Waals surface area contributed by atoms with Crippen molar-refractivity contribution in [1.82, 2.24) is 10.3 Å². The molecule has 2 N–H and O–H groups in total. The van der Waals surface area contributed by atoms with Crippen molar-refractivity contribution >= 4 is 11.3 Å². The van der Waals surface area contributed by atoms with E-state index in [1.165, 1.54) is 4.88 Å². The van der Waals surface area contributed by atoms with Crippen LogP contribution in [0.4, 0.5) is 0 Å². The molecule has 0 amide bonds. The third-order valence-electron chi connectivity index (χ3n) is 3.09. The Balaban J connectivity index is 2.10. The van der Waals surface area contributed by atoms with Crippen LogP contribution in [-0.4, -0.2) is 16.7 Å². The zero-order valence-electron chi connectivity index (χ0n) is 11.5. The fourth-order valence-electron chi connectivity index (χ4n) is 2.11. The van der Waals surface area contributed by atoms with E-state index in [2.05, 4.69) is 24.1 Å². The van der Waals surface area contributed by atoms with E-state index in [1.807, 2.05) is 19.1 Å². The lowest BCUT2D eigenvalue weighted by molar-refractivity contribution is 0.217. The van der Waals surface area contributed by atoms with E-state index < -0.39 is 0 Å². The summed E-state index contributed by atoms with van der Waals surface area (Å²) in [5.41, 5.74) is 1.07. The van der Waals surface area contributed by atoms with Crippen molar-refractivity contribution < 1.29 is 9.52 Å². The zero-order valence-corrected chi connectivity index (χ0v) is 12.3. The Bertz CT molecular complexity index is 508. The van der Waals surface area contributed by atoms with Gasteiger partial charge in [-0.3, -0.25) is 5.32 Å². The molecule has 2 unspecified atom stereocenters. The second-order valence-corrected chi connectivity index (χ2v) is 5.66. The predicted octanol–water partition coefficient (Wildman–Crippen LogP) is 2.99. The van der Waals surface area contributed by atoms with Crippen LogP contribution in [0, 0.1) is 6.92 Å². The van der Waals surface area contributed by atoms with Crippen molar-refractivity contribution in [3.8, 4) is 0 Å². The molecule has 2 aromatic rings. The van der Waals surface area contributed by atoms with Crippen LogP contribution in [0.5, 0.6) is 0 Å². The van der Waals surface area contributed by atoms with E-state index in [0.717, 1.165) is 22.9 Å². The van der Waals surface area contributed by atoms with Gasteiger partial charge in [0.15, 0.2) is 0 Å². The van der Waals surface area contributed by atoms with Gasteiger partial charge < -0.3 is 9.52 Å². The van der Waals surface area contributed by atoms with Gasteiger partial charge in [-0.05, 0) is 32.4 Å². The molecule has 2 heterocycles. The van der Waals surface area contributed by atoms with E-state index in [-0.39, 0.29) is 18.7 Å². The number of aromatic nitrogens is 1. The van der Waals surface area contributed by atoms with E-state index in [0.29, 0.717) is 0 Å². The lowest BCUT2D eigenvalue weighted by atomic mass is 10.1. The summed E-state index contributed by atoms with van der Waals surface area (Å²) >= 11 is 1.73. The fourth-order valence-corrected chi connectivity index (χ4v) is 3.13. The van der Waals surface area contributed by atoms with Crippen molar-refractivity contribution in [3.05, 3.63) is 39.7 Å². The SMILES string of the molecule is CCc1nc(C)c(C(C)NC(CO)c2ccco2)s1. The summed E-state index contributed by atoms with van der Waals surface area (Å²) < 4.78 is 5.35. The molecule has 0 radical (unpaired) electrons. The summed E-state index contributed by atoms with van der Waals surface area (Å²) in [6, 6.07) is 3.66. The number of thiazole rings is 1. The van der Waals surface area contributed by atoms with Gasteiger partial charge in [-0.1, -0.05) is 6.92 Å². The molecule has 0 saturated carbocycles. The quantitative estimate of drug-likeness (QED) is 0.854. The van der Waals surface area contributed by atoms with Gasteiger partial charge in [0, 0.05) is 10.9 Å². The Kier molecular flexibility index (Phi) is 4.74. The fraction of sp³-hybridized carbons (Fsp3) is 0.500. The number of rotatable bonds is 6. The van der Waals surface area contributed by atoms with Gasteiger partial charge in [0.1, 0.15) is 5.76 Å². The Hall–Kier alpha value is -1.17. The van der Waals surface area contributed by atoms with Crippen molar-refractivity contribution in [2.75, 3.05) is 6.61 Å². The van der Waals surface area contributed by atoms with E-state index in [1.54, 1.807) is 17.6 Å². The Labute approximate surface area is 117 Å². The van der Waals surface area contributed by atoms with Crippen LogP contribution in [0.1, 0.15) is 47.3 Å². The van der Waals surface area contributed by atoms with Gasteiger partial charge in [-0.25, -0.2) is 4.98 Å². The third kappa shape index (κ3) is 3.23. The van der Waals surface area contributed by atoms with Gasteiger partial charge in [-0.2, -0.15) is 0 Å². The maximum atomic E-state index is 9.48. The summed E-state index contributed by atoms with van der Waals surface area (Å²) in [7, 11) is 0. The number of nitrogens with one attached hydrogen (secondary N) is 1. The maximum Gasteiger partial charge on any atom is 0.123 e. The van der Waals surface area contributed by atoms with Crippen molar-refractivity contribution in [1.29, 1.82) is 0 Å². The smallest absolute Gasteiger partial charge is 0.123 e. The molecule has 0 aliphatic carbocycles. The number of aryl methyl sites for hydroxylation is 2. The molecule has 0 bridgehead atoms. The van der Waals surface area contributed by atoms with Crippen LogP contribution in [0.15, 0.2) is 22.8 Å². The molecule has 0 aliphatic rings. The Morgan fingerprint density at radius 1 is 1.53 bits per heavy atom. The highest BCUT2D eigenvalue weighted by molar-refractivity contribution is 7.11. The van der Waals surface area contributed by atoms with Gasteiger partial charge in [0.2, 0.25) is 0 Å². The van der Waals surface area contributed by atoms with Gasteiger partial charge in [-0.15, -0.1) is 11.3 Å². The maximum absolute atomic E-state index is 9.48. The highest BCUT2D eigenvalue weighted by atomic mass is 32.1. The molecule has 0 fully saturated rings. The summed E-state index contributed by atoms with van der Waals surface area (Å²) in [6.07, 6.45) is 2.58. The van der Waals surface area contributed by atoms with Crippen LogP contribution in [-0.2, 0) is 6.42 Å². The first-order valence-electron chi connectivity index (χ1n) is 6.52. The molecule has 0 saturated heterocycles. The topological polar surface area (TPSA) is 58.3 Å². The minimum Gasteiger partial charge on any atom is -0.468 e. The van der Waals surface area contributed by atoms with Crippen LogP contribution in [0.2, 0.25) is 0 Å². The van der Waals surface area contributed by atoms with Crippen LogP contribution in [0.3, 0.4) is 0 Å². The van der Waals surface area contributed by atoms with Crippen molar-refractivity contribution in [2.45, 2.75) is 39.3 Å². The van der Waals surface area contributed by atoms with Gasteiger partial charge >= 0.3 is 0 Å². The van der Waals surface area contributed by atoms with Crippen LogP contribution in [0.25, 0.3) is 0 Å². The largest absolute Gasteiger partial charge is 0.468 e. The molecule has 19 heavy (non-hydrogen) atoms. The number of furan rings is 1. The first-order chi connectivity index (χ1) is 9.15. The number of hydrogen-bond acceptors (Lipinski definition) is 5. The third-order valence-corrected chi connectivity index (χ3v) is 4.58. The zero-order chi connectivity index (χ0) is 13.8. The van der Waals surface area contributed by atoms with E-state index >= 15 is 0 Å². The van der Waals surface area contributed by atoms with Gasteiger partial charge in [0.25, 0.3) is 0 Å².